The maximum Gasteiger partial charge on any atom is 0.625 e. The van der Waals surface area contributed by atoms with E-state index in [-0.39, 0.29) is 7.12 Å². The molecule has 0 N–H and O–H groups in total. The third-order valence-electron chi connectivity index (χ3n) is 1.91. The summed E-state index contributed by atoms with van der Waals surface area (Å²) in [4.78, 5) is 0. The Bertz CT molecular complexity index is 346. The number of para-hydroxylation sites is 2. The number of benzene rings is 1. The molecular formula is C11H11BO2. The van der Waals surface area contributed by atoms with Crippen LogP contribution < -0.4 is 9.31 Å². The Hall–Kier alpha value is -1.64. The van der Waals surface area contributed by atoms with Crippen LogP contribution in [0.25, 0.3) is 0 Å². The third-order valence-corrected chi connectivity index (χ3v) is 1.91. The lowest BCUT2D eigenvalue weighted by Gasteiger charge is -1.95. The molecule has 1 aromatic rings. The molecule has 2 nitrogen and oxygen atoms in total. The predicted octanol–water partition coefficient (Wildman–Crippen LogP) is 2.62. The highest BCUT2D eigenvalue weighted by molar-refractivity contribution is 6.53. The first-order valence-electron chi connectivity index (χ1n) is 4.62. The van der Waals surface area contributed by atoms with E-state index in [9.17, 15) is 0 Å². The van der Waals surface area contributed by atoms with Crippen molar-refractivity contribution in [2.45, 2.75) is 6.92 Å². The molecule has 0 bridgehead atoms. The molecule has 0 aliphatic carbocycles. The number of allylic oxidation sites excluding steroid dienone is 3. The van der Waals surface area contributed by atoms with Crippen LogP contribution in [0.1, 0.15) is 6.92 Å². The van der Waals surface area contributed by atoms with E-state index >= 15 is 0 Å². The van der Waals surface area contributed by atoms with Crippen molar-refractivity contribution in [2.24, 2.45) is 0 Å². The number of hydrogen-bond acceptors (Lipinski definition) is 2. The smallest absolute Gasteiger partial charge is 0.520 e. The van der Waals surface area contributed by atoms with Gasteiger partial charge in [-0.05, 0) is 25.0 Å². The van der Waals surface area contributed by atoms with Gasteiger partial charge in [-0.25, -0.2) is 0 Å². The minimum absolute atomic E-state index is 0.288. The van der Waals surface area contributed by atoms with Crippen molar-refractivity contribution < 1.29 is 9.31 Å². The summed E-state index contributed by atoms with van der Waals surface area (Å²) in [5, 5.41) is 0. The van der Waals surface area contributed by atoms with Gasteiger partial charge in [0.2, 0.25) is 0 Å². The molecule has 0 fully saturated rings. The predicted molar refractivity (Wildman–Crippen MR) is 57.4 cm³/mol. The van der Waals surface area contributed by atoms with Crippen LogP contribution in [0.15, 0.2) is 48.5 Å². The largest absolute Gasteiger partial charge is 0.625 e. The minimum atomic E-state index is -0.288. The first-order chi connectivity index (χ1) is 6.90. The zero-order valence-corrected chi connectivity index (χ0v) is 8.01. The van der Waals surface area contributed by atoms with E-state index in [0.29, 0.717) is 0 Å². The fraction of sp³-hybridized carbons (Fsp3) is 0.0909. The van der Waals surface area contributed by atoms with E-state index in [2.05, 4.69) is 0 Å². The second-order valence-electron chi connectivity index (χ2n) is 2.96. The van der Waals surface area contributed by atoms with Gasteiger partial charge in [0, 0.05) is 0 Å². The summed E-state index contributed by atoms with van der Waals surface area (Å²) < 4.78 is 11.0. The maximum absolute atomic E-state index is 5.51. The molecule has 0 saturated carbocycles. The van der Waals surface area contributed by atoms with Gasteiger partial charge in [-0.1, -0.05) is 30.4 Å². The molecule has 2 rings (SSSR count). The van der Waals surface area contributed by atoms with Crippen LogP contribution in [0.3, 0.4) is 0 Å². The lowest BCUT2D eigenvalue weighted by molar-refractivity contribution is 0.517. The van der Waals surface area contributed by atoms with Crippen molar-refractivity contribution >= 4 is 7.12 Å². The second-order valence-corrected chi connectivity index (χ2v) is 2.96. The second kappa shape index (κ2) is 4.05. The monoisotopic (exact) mass is 186 g/mol. The van der Waals surface area contributed by atoms with Gasteiger partial charge in [0.15, 0.2) is 0 Å². The normalized spacial score (nSPS) is 14.5. The van der Waals surface area contributed by atoms with Gasteiger partial charge >= 0.3 is 7.12 Å². The van der Waals surface area contributed by atoms with Gasteiger partial charge in [0.05, 0.1) is 0 Å². The van der Waals surface area contributed by atoms with Crippen LogP contribution in [0.4, 0.5) is 0 Å². The molecule has 14 heavy (non-hydrogen) atoms. The molecule has 0 unspecified atom stereocenters. The Kier molecular flexibility index (Phi) is 2.59. The van der Waals surface area contributed by atoms with E-state index in [1.54, 1.807) is 0 Å². The molecule has 1 aliphatic heterocycles. The lowest BCUT2D eigenvalue weighted by Crippen LogP contribution is -2.21. The van der Waals surface area contributed by atoms with Crippen molar-refractivity contribution in [1.29, 1.82) is 0 Å². The Morgan fingerprint density at radius 2 is 1.71 bits per heavy atom. The number of fused-ring (bicyclic) bond motifs is 1. The molecule has 1 aliphatic rings. The van der Waals surface area contributed by atoms with Gasteiger partial charge in [-0.3, -0.25) is 0 Å². The SMILES string of the molecule is C/C=C/C=C/B1Oc2ccccc2O1. The van der Waals surface area contributed by atoms with Crippen LogP contribution in [0.2, 0.25) is 0 Å². The lowest BCUT2D eigenvalue weighted by atomic mass is 9.90. The zero-order valence-electron chi connectivity index (χ0n) is 8.01. The number of rotatable bonds is 2. The van der Waals surface area contributed by atoms with Crippen molar-refractivity contribution in [1.82, 2.24) is 0 Å². The van der Waals surface area contributed by atoms with Crippen LogP contribution in [0.5, 0.6) is 11.5 Å². The van der Waals surface area contributed by atoms with Gasteiger partial charge in [0.1, 0.15) is 11.5 Å². The Labute approximate surface area is 84.0 Å². The summed E-state index contributed by atoms with van der Waals surface area (Å²) in [6.07, 6.45) is 5.81. The molecule has 0 aromatic heterocycles. The van der Waals surface area contributed by atoms with Gasteiger partial charge in [0.25, 0.3) is 0 Å². The van der Waals surface area contributed by atoms with Gasteiger partial charge in [-0.15, -0.1) is 0 Å². The summed E-state index contributed by atoms with van der Waals surface area (Å²) in [6, 6.07) is 7.66. The van der Waals surface area contributed by atoms with E-state index in [0.717, 1.165) is 11.5 Å². The van der Waals surface area contributed by atoms with Crippen molar-refractivity contribution in [2.75, 3.05) is 0 Å². The van der Waals surface area contributed by atoms with E-state index in [1.165, 1.54) is 0 Å². The van der Waals surface area contributed by atoms with Crippen molar-refractivity contribution in [3.05, 3.63) is 48.5 Å². The van der Waals surface area contributed by atoms with Gasteiger partial charge < -0.3 is 9.31 Å². The first-order valence-corrected chi connectivity index (χ1v) is 4.62. The third kappa shape index (κ3) is 1.82. The highest BCUT2D eigenvalue weighted by atomic mass is 16.6. The van der Waals surface area contributed by atoms with Crippen molar-refractivity contribution in [3.63, 3.8) is 0 Å². The molecule has 1 aromatic carbocycles. The first kappa shape index (κ1) is 8.94. The highest BCUT2D eigenvalue weighted by Crippen LogP contribution is 2.32. The van der Waals surface area contributed by atoms with E-state index < -0.39 is 0 Å². The molecule has 0 radical (unpaired) electrons. The van der Waals surface area contributed by atoms with Crippen LogP contribution in [-0.2, 0) is 0 Å². The fourth-order valence-electron chi connectivity index (χ4n) is 1.26. The molecule has 0 amide bonds. The summed E-state index contributed by atoms with van der Waals surface area (Å²) in [5.74, 6) is 3.49. The highest BCUT2D eigenvalue weighted by Gasteiger charge is 2.28. The van der Waals surface area contributed by atoms with Crippen LogP contribution >= 0.6 is 0 Å². The molecule has 1 heterocycles. The fourth-order valence-corrected chi connectivity index (χ4v) is 1.26. The Balaban J connectivity index is 2.05. The quantitative estimate of drug-likeness (QED) is 0.522. The van der Waals surface area contributed by atoms with Crippen LogP contribution in [0, 0.1) is 0 Å². The molecule has 0 atom stereocenters. The van der Waals surface area contributed by atoms with Gasteiger partial charge in [-0.2, -0.15) is 0 Å². The number of hydrogen-bond donors (Lipinski definition) is 0. The average molecular weight is 186 g/mol. The maximum atomic E-state index is 5.51. The molecule has 0 saturated heterocycles. The standard InChI is InChI=1S/C11H11BO2/c1-2-3-6-9-12-13-10-7-4-5-8-11(10)14-12/h2-9H,1H3/b3-2+,9-6+. The average Bonchev–Trinajstić information content (AvgIpc) is 2.60. The van der Waals surface area contributed by atoms with Crippen LogP contribution in [-0.4, -0.2) is 7.12 Å². The molecular weight excluding hydrogens is 175 g/mol. The molecule has 0 spiro atoms. The summed E-state index contributed by atoms with van der Waals surface area (Å²) in [6.45, 7) is 1.97. The van der Waals surface area contributed by atoms with E-state index in [4.69, 9.17) is 9.31 Å². The minimum Gasteiger partial charge on any atom is -0.520 e. The Morgan fingerprint density at radius 1 is 1.07 bits per heavy atom. The Morgan fingerprint density at radius 3 is 2.29 bits per heavy atom. The molecule has 70 valence electrons. The van der Waals surface area contributed by atoms with Crippen molar-refractivity contribution in [3.8, 4) is 11.5 Å². The summed E-state index contributed by atoms with van der Waals surface area (Å²) >= 11 is 0. The summed E-state index contributed by atoms with van der Waals surface area (Å²) in [7, 11) is -0.288. The zero-order chi connectivity index (χ0) is 9.80. The molecule has 3 heteroatoms. The topological polar surface area (TPSA) is 18.5 Å². The summed E-state index contributed by atoms with van der Waals surface area (Å²) in [5.41, 5.74) is 0. The van der Waals surface area contributed by atoms with E-state index in [1.807, 2.05) is 55.4 Å².